The number of carbonyl (C=O) groups excluding carboxylic acids is 1. The summed E-state index contributed by atoms with van der Waals surface area (Å²) >= 11 is 5.90. The number of rotatable bonds is 4. The summed E-state index contributed by atoms with van der Waals surface area (Å²) in [5.74, 6) is 1.12. The molecule has 0 radical (unpaired) electrons. The number of aryl methyl sites for hydroxylation is 1. The fraction of sp³-hybridized carbons (Fsp3) is 0.316. The second-order valence-electron chi connectivity index (χ2n) is 6.79. The third-order valence-corrected chi connectivity index (χ3v) is 4.90. The molecule has 3 aromatic rings. The molecule has 2 heterocycles. The molecule has 1 atom stereocenters. The average Bonchev–Trinajstić information content (AvgIpc) is 3.23. The Labute approximate surface area is 156 Å². The number of fused-ring (bicyclic) bond motifs is 1. The summed E-state index contributed by atoms with van der Waals surface area (Å²) in [4.78, 5) is 12.6. The van der Waals surface area contributed by atoms with E-state index in [2.05, 4.69) is 22.5 Å². The average molecular weight is 371 g/mol. The van der Waals surface area contributed by atoms with Crippen molar-refractivity contribution in [2.45, 2.75) is 32.7 Å². The number of amides is 1. The molecular formula is C19H19ClN4O2. The van der Waals surface area contributed by atoms with Gasteiger partial charge in [-0.1, -0.05) is 35.8 Å². The van der Waals surface area contributed by atoms with Crippen LogP contribution in [-0.4, -0.2) is 20.8 Å². The van der Waals surface area contributed by atoms with Gasteiger partial charge in [0.15, 0.2) is 5.69 Å². The Kier molecular flexibility index (Phi) is 4.51. The topological polar surface area (TPSA) is 73.0 Å². The maximum absolute atomic E-state index is 12.6. The molecule has 0 saturated carbocycles. The first-order chi connectivity index (χ1) is 12.6. The minimum absolute atomic E-state index is 0.254. The first-order valence-electron chi connectivity index (χ1n) is 8.64. The monoisotopic (exact) mass is 370 g/mol. The number of hydrogen-bond donors (Lipinski definition) is 1. The van der Waals surface area contributed by atoms with Crippen LogP contribution in [0.3, 0.4) is 0 Å². The van der Waals surface area contributed by atoms with Crippen LogP contribution in [0.25, 0.3) is 0 Å². The van der Waals surface area contributed by atoms with Crippen molar-refractivity contribution in [1.82, 2.24) is 14.9 Å². The number of hydrogen-bond acceptors (Lipinski definition) is 4. The van der Waals surface area contributed by atoms with Crippen molar-refractivity contribution in [2.75, 3.05) is 5.32 Å². The molecule has 1 amide bonds. The van der Waals surface area contributed by atoms with Gasteiger partial charge in [-0.25, -0.2) is 0 Å². The summed E-state index contributed by atoms with van der Waals surface area (Å²) < 4.78 is 7.11. The first-order valence-corrected chi connectivity index (χ1v) is 9.02. The first kappa shape index (κ1) is 16.8. The predicted molar refractivity (Wildman–Crippen MR) is 98.4 cm³/mol. The number of carbonyl (C=O) groups is 1. The van der Waals surface area contributed by atoms with Crippen LogP contribution in [0.15, 0.2) is 41.2 Å². The molecule has 7 heteroatoms. The Hall–Kier alpha value is -2.60. The van der Waals surface area contributed by atoms with Crippen molar-refractivity contribution in [3.8, 4) is 0 Å². The standard InChI is InChI=1S/C19H19ClN4O2/c1-12-2-7-17-16(8-12)18(23-26-17)19(25)22-15-9-21-24(11-15)10-13-3-5-14(20)6-4-13/h3-6,9,11-12H,2,7-8,10H2,1H3,(H,22,25). The van der Waals surface area contributed by atoms with E-state index in [9.17, 15) is 4.79 Å². The van der Waals surface area contributed by atoms with E-state index in [1.165, 1.54) is 0 Å². The number of benzene rings is 1. The zero-order valence-electron chi connectivity index (χ0n) is 14.4. The zero-order chi connectivity index (χ0) is 18.1. The summed E-state index contributed by atoms with van der Waals surface area (Å²) in [5.41, 5.74) is 3.03. The second kappa shape index (κ2) is 6.96. The van der Waals surface area contributed by atoms with Gasteiger partial charge in [0.1, 0.15) is 5.76 Å². The van der Waals surface area contributed by atoms with Crippen molar-refractivity contribution < 1.29 is 9.32 Å². The molecule has 134 valence electrons. The lowest BCUT2D eigenvalue weighted by Crippen LogP contribution is -2.17. The molecular weight excluding hydrogens is 352 g/mol. The van der Waals surface area contributed by atoms with Crippen LogP contribution in [0.4, 0.5) is 5.69 Å². The third kappa shape index (κ3) is 3.51. The Morgan fingerprint density at radius 3 is 3.00 bits per heavy atom. The molecule has 2 aromatic heterocycles. The minimum Gasteiger partial charge on any atom is -0.360 e. The summed E-state index contributed by atoms with van der Waals surface area (Å²) in [7, 11) is 0. The lowest BCUT2D eigenvalue weighted by molar-refractivity contribution is 0.101. The van der Waals surface area contributed by atoms with E-state index in [1.807, 2.05) is 24.3 Å². The van der Waals surface area contributed by atoms with Crippen LogP contribution in [0.5, 0.6) is 0 Å². The predicted octanol–water partition coefficient (Wildman–Crippen LogP) is 3.95. The van der Waals surface area contributed by atoms with E-state index in [0.717, 1.165) is 36.1 Å². The third-order valence-electron chi connectivity index (χ3n) is 4.65. The van der Waals surface area contributed by atoms with Gasteiger partial charge in [-0.05, 0) is 36.5 Å². The molecule has 0 spiro atoms. The number of nitrogens with one attached hydrogen (secondary N) is 1. The van der Waals surface area contributed by atoms with Gasteiger partial charge < -0.3 is 9.84 Å². The molecule has 26 heavy (non-hydrogen) atoms. The van der Waals surface area contributed by atoms with E-state index in [-0.39, 0.29) is 5.91 Å². The molecule has 1 aliphatic rings. The van der Waals surface area contributed by atoms with E-state index in [4.69, 9.17) is 16.1 Å². The van der Waals surface area contributed by atoms with E-state index >= 15 is 0 Å². The normalized spacial score (nSPS) is 16.3. The van der Waals surface area contributed by atoms with Crippen LogP contribution >= 0.6 is 11.6 Å². The highest BCUT2D eigenvalue weighted by molar-refractivity contribution is 6.30. The van der Waals surface area contributed by atoms with Gasteiger partial charge >= 0.3 is 0 Å². The fourth-order valence-corrected chi connectivity index (χ4v) is 3.36. The van der Waals surface area contributed by atoms with E-state index in [0.29, 0.717) is 28.9 Å². The van der Waals surface area contributed by atoms with Crippen LogP contribution < -0.4 is 5.32 Å². The highest BCUT2D eigenvalue weighted by atomic mass is 35.5. The molecule has 1 aliphatic carbocycles. The van der Waals surface area contributed by atoms with Gasteiger partial charge in [0.25, 0.3) is 5.91 Å². The SMILES string of the molecule is CC1CCc2onc(C(=O)Nc3cnn(Cc4ccc(Cl)cc4)c3)c2C1. The number of aromatic nitrogens is 3. The Morgan fingerprint density at radius 1 is 1.38 bits per heavy atom. The lowest BCUT2D eigenvalue weighted by atomic mass is 9.88. The molecule has 1 aromatic carbocycles. The van der Waals surface area contributed by atoms with E-state index < -0.39 is 0 Å². The van der Waals surface area contributed by atoms with E-state index in [1.54, 1.807) is 17.1 Å². The quantitative estimate of drug-likeness (QED) is 0.754. The minimum atomic E-state index is -0.254. The Balaban J connectivity index is 1.45. The molecule has 1 unspecified atom stereocenters. The van der Waals surface area contributed by atoms with Crippen LogP contribution in [0.2, 0.25) is 5.02 Å². The zero-order valence-corrected chi connectivity index (χ0v) is 15.2. The summed E-state index contributed by atoms with van der Waals surface area (Å²) in [6.07, 6.45) is 6.17. The largest absolute Gasteiger partial charge is 0.360 e. The lowest BCUT2D eigenvalue weighted by Gasteiger charge is -2.16. The van der Waals surface area contributed by atoms with Gasteiger partial charge in [-0.2, -0.15) is 5.10 Å². The molecule has 0 aliphatic heterocycles. The maximum atomic E-state index is 12.6. The highest BCUT2D eigenvalue weighted by Crippen LogP contribution is 2.28. The fourth-order valence-electron chi connectivity index (χ4n) is 3.24. The highest BCUT2D eigenvalue weighted by Gasteiger charge is 2.27. The Morgan fingerprint density at radius 2 is 2.19 bits per heavy atom. The smallest absolute Gasteiger partial charge is 0.278 e. The van der Waals surface area contributed by atoms with Crippen LogP contribution in [0, 0.1) is 5.92 Å². The van der Waals surface area contributed by atoms with Gasteiger partial charge in [0.05, 0.1) is 18.4 Å². The van der Waals surface area contributed by atoms with Gasteiger partial charge in [0, 0.05) is 23.2 Å². The van der Waals surface area contributed by atoms with Gasteiger partial charge in [-0.15, -0.1) is 0 Å². The second-order valence-corrected chi connectivity index (χ2v) is 7.22. The van der Waals surface area contributed by atoms with Crippen LogP contribution in [-0.2, 0) is 19.4 Å². The van der Waals surface area contributed by atoms with Crippen molar-refractivity contribution in [2.24, 2.45) is 5.92 Å². The van der Waals surface area contributed by atoms with Crippen molar-refractivity contribution in [3.05, 3.63) is 64.3 Å². The molecule has 6 nitrogen and oxygen atoms in total. The molecule has 4 rings (SSSR count). The number of anilines is 1. The number of halogens is 1. The molecule has 0 bridgehead atoms. The molecule has 0 fully saturated rings. The summed E-state index contributed by atoms with van der Waals surface area (Å²) in [6.45, 7) is 2.78. The van der Waals surface area contributed by atoms with Crippen molar-refractivity contribution >= 4 is 23.2 Å². The maximum Gasteiger partial charge on any atom is 0.278 e. The van der Waals surface area contributed by atoms with Crippen molar-refractivity contribution in [1.29, 1.82) is 0 Å². The summed E-state index contributed by atoms with van der Waals surface area (Å²) in [6, 6.07) is 7.59. The molecule has 0 saturated heterocycles. The Bertz CT molecular complexity index is 929. The van der Waals surface area contributed by atoms with Gasteiger partial charge in [-0.3, -0.25) is 9.48 Å². The summed E-state index contributed by atoms with van der Waals surface area (Å²) in [5, 5.41) is 11.8. The van der Waals surface area contributed by atoms with Gasteiger partial charge in [0.2, 0.25) is 0 Å². The molecule has 1 N–H and O–H groups in total. The number of nitrogens with zero attached hydrogens (tertiary/aromatic N) is 3. The van der Waals surface area contributed by atoms with Crippen LogP contribution in [0.1, 0.15) is 40.7 Å². The van der Waals surface area contributed by atoms with Crippen molar-refractivity contribution in [3.63, 3.8) is 0 Å².